The Kier molecular flexibility index (Phi) is 45.7. The highest BCUT2D eigenvalue weighted by atomic mass is 19.3. The number of nitrogens with one attached hydrogen (secondary N) is 3. The molecule has 9 heterocycles. The van der Waals surface area contributed by atoms with Gasteiger partial charge in [0.1, 0.15) is 194 Å². The molecule has 9 aliphatic heterocycles. The zero-order valence-electron chi connectivity index (χ0n) is 78.7. The van der Waals surface area contributed by atoms with Crippen molar-refractivity contribution in [2.45, 2.75) is 369 Å². The minimum atomic E-state index is -3.99. The molecular weight excluding hydrogens is 1960 g/mol. The highest BCUT2D eigenvalue weighted by Gasteiger charge is 2.61. The van der Waals surface area contributed by atoms with Gasteiger partial charge in [-0.05, 0) is 56.8 Å². The van der Waals surface area contributed by atoms with Gasteiger partial charge in [0.05, 0.1) is 100 Å². The third-order valence-corrected chi connectivity index (χ3v) is 27.0. The number of hydrogen-bond acceptors (Lipinski definition) is 58. The van der Waals surface area contributed by atoms with Gasteiger partial charge in [0.25, 0.3) is 23.6 Å². The molecule has 0 radical (unpaired) electrons. The summed E-state index contributed by atoms with van der Waals surface area (Å²) in [6, 6.07) is -12.9. The predicted molar refractivity (Wildman–Crippen MR) is 479 cm³/mol. The maximum Gasteiger partial charge on any atom is 0.294 e. The van der Waals surface area contributed by atoms with Crippen LogP contribution in [0.25, 0.3) is 0 Å². The van der Waals surface area contributed by atoms with Crippen molar-refractivity contribution in [3.63, 3.8) is 0 Å². The standard InChI is InChI=1S/C27H49F2N7O13.C27H50FN7O13.C27H51N7O14/c28-27(29,7-32)22(42)23(43)36-11-3-10(34)19(47-24-9(33)2-1-8(4-30)44-24)21(15(11)38)49-26-18(41)20(13(6-37)46-26)48-25-14(35)17(40)16(39)12(5-31)45-25;28-9(5-30)16(37)24(42)35-12-3-11(33)21(46-25-10(32)2-1-8(4-29)43-25)23(17(12)38)48-27-20(41)22(14(7-36)45-27)47-26-15(34)19(40)18(39)13(6-31)44-26;28-4-8-1-2-9(31)25(43-8)46-21-10(32)3-11(34-24(42)17(38)12(36)5-29)16(37)23(21)48-27-20(41)22(14(7-35)45-27)47-26-15(33)19(40)18(39)13(6-30)44-26/h1,9-22,24-26,37-42H,2-7,30-35H2,(H,36,43);1,9-23,25-27,36-41H,2-7,29-34H2,(H,35,42);1,9-23,25-27,35-41H,2-7,28-33H2,(H,34,42)/t9-,10+,11-,12+,13-,14-,15+,16-,17-,18-,19-,20-,21-,22-,24-,25-,26+;9-,10+,11-,12+,13-,14+,15+,16?,17-,18+,19+,20+,21+,22+,23+,25+,26+,27-;9-,10+,11-,12+,13+,14-,15-,16+,17+,18-,19-,20-,21-,22-,23-,25-,26-,27+/m101/s1. The molecular formula is C81H150F3N21O40. The number of amides is 3. The molecule has 0 aromatic rings. The van der Waals surface area contributed by atoms with Crippen molar-refractivity contribution in [1.29, 1.82) is 0 Å². The number of ether oxygens (including phenoxy) is 18. The van der Waals surface area contributed by atoms with Crippen molar-refractivity contribution < 1.29 is 210 Å². The largest absolute Gasteiger partial charge is 0.467 e. The van der Waals surface area contributed by atoms with E-state index in [2.05, 4.69) is 16.0 Å². The number of rotatable bonds is 39. The molecule has 3 saturated carbocycles. The summed E-state index contributed by atoms with van der Waals surface area (Å²) >= 11 is 0. The van der Waals surface area contributed by atoms with Crippen LogP contribution in [0.4, 0.5) is 13.2 Å². The van der Waals surface area contributed by atoms with E-state index in [0.717, 1.165) is 0 Å². The molecule has 0 aromatic heterocycles. The van der Waals surface area contributed by atoms with Gasteiger partial charge < -0.3 is 301 Å². The third-order valence-electron chi connectivity index (χ3n) is 27.0. The lowest BCUT2D eigenvalue weighted by Crippen LogP contribution is -2.67. The summed E-state index contributed by atoms with van der Waals surface area (Å²) in [4.78, 5) is 37.8. The van der Waals surface area contributed by atoms with E-state index in [9.17, 15) is 125 Å². The first-order chi connectivity index (χ1) is 68.6. The molecule has 840 valence electrons. The molecule has 12 rings (SSSR count). The molecule has 0 spiro atoms. The van der Waals surface area contributed by atoms with E-state index in [1.807, 2.05) is 0 Å². The minimum Gasteiger partial charge on any atom is -0.467 e. The van der Waals surface area contributed by atoms with E-state index >= 15 is 0 Å². The zero-order chi connectivity index (χ0) is 107. The van der Waals surface area contributed by atoms with Gasteiger partial charge in [-0.1, -0.05) is 0 Å². The van der Waals surface area contributed by atoms with Crippen LogP contribution < -0.4 is 119 Å². The Hall–Kier alpha value is -5.26. The second kappa shape index (κ2) is 54.5. The van der Waals surface area contributed by atoms with Crippen LogP contribution in [0.5, 0.6) is 0 Å². The lowest BCUT2D eigenvalue weighted by molar-refractivity contribution is -0.282. The smallest absolute Gasteiger partial charge is 0.294 e. The lowest BCUT2D eigenvalue weighted by Gasteiger charge is -2.46. The summed E-state index contributed by atoms with van der Waals surface area (Å²) in [5.74, 6) is -6.62. The molecule has 3 amide bonds. The van der Waals surface area contributed by atoms with Crippen LogP contribution in [0.2, 0.25) is 0 Å². The third kappa shape index (κ3) is 28.7. The van der Waals surface area contributed by atoms with Crippen molar-refractivity contribution in [1.82, 2.24) is 16.0 Å². The Balaban J connectivity index is 0.000000223. The second-order valence-electron chi connectivity index (χ2n) is 37.2. The van der Waals surface area contributed by atoms with Gasteiger partial charge in [-0.3, -0.25) is 14.4 Å². The Morgan fingerprint density at radius 1 is 0.338 bits per heavy atom. The molecule has 53 atom stereocenters. The fourth-order valence-electron chi connectivity index (χ4n) is 18.2. The number of carbonyl (C=O) groups is 3. The van der Waals surface area contributed by atoms with Gasteiger partial charge in [0, 0.05) is 50.8 Å². The second-order valence-corrected chi connectivity index (χ2v) is 37.2. The van der Waals surface area contributed by atoms with Crippen molar-refractivity contribution in [3.05, 3.63) is 35.5 Å². The van der Waals surface area contributed by atoms with Crippen LogP contribution in [0.3, 0.4) is 0 Å². The van der Waals surface area contributed by atoms with Crippen LogP contribution in [-0.4, -0.2) is 524 Å². The maximum absolute atomic E-state index is 14.0. The molecule has 58 N–H and O–H groups in total. The fraction of sp³-hybridized carbons (Fsp3) is 0.889. The Morgan fingerprint density at radius 3 is 0.855 bits per heavy atom. The SMILES string of the molecule is NCC1=CC[C@@H](N)[C@@H](O[C@H]2[C@H](O[C@@H]3O[C@H](CO)[C@@H](O[C@H]4O[C@@H](CN)[C@@H](O)[C@H](O)[C@H]4N)[C@H]3O)[C@@H](O)[C@H](NC(=O)C(O)[C@@H](F)CN)C[C@@H]2N)O1.NCC1=CC[C@@H](N)[C@@H](O[C@H]2[C@H](O[C@@H]3O[C@H](CO)[C@@H](O[C@H]4O[C@@H](CN)[C@@H](O)[C@H](O)[C@H]4N)[C@H]3O)[C@@H](O)[C@H](NC(=O)[C@@H](O)C(F)(F)CN)C[C@@H]2N)O1.NCC1=CC[C@@H](N)[C@@H](O[C@H]2[C@H](O[C@@H]3O[C@H](CO)[C@@H](O[C@H]4O[C@@H](CN)[C@@H](O)[C@H](O)[C@H]4N)[C@H]3O)[C@@H](O)[C@H](NC(=O)[C@@H](O)[C@@H](O)CN)C[C@@H]2N)O1. The lowest BCUT2D eigenvalue weighted by atomic mass is 9.83. The van der Waals surface area contributed by atoms with Crippen molar-refractivity contribution in [2.24, 2.45) is 103 Å². The monoisotopic (exact) mass is 2110 g/mol. The summed E-state index contributed by atoms with van der Waals surface area (Å²) in [6.45, 7) is -5.04. The van der Waals surface area contributed by atoms with Gasteiger partial charge in [-0.2, -0.15) is 0 Å². The van der Waals surface area contributed by atoms with E-state index in [1.54, 1.807) is 18.2 Å². The summed E-state index contributed by atoms with van der Waals surface area (Å²) in [5.41, 5.74) is 105. The molecule has 1 unspecified atom stereocenters. The van der Waals surface area contributed by atoms with Crippen molar-refractivity contribution in [2.75, 3.05) is 78.7 Å². The zero-order valence-corrected chi connectivity index (χ0v) is 78.7. The molecule has 0 aromatic carbocycles. The summed E-state index contributed by atoms with van der Waals surface area (Å²) in [5, 5.41) is 207. The number of alkyl halides is 3. The van der Waals surface area contributed by atoms with Crippen LogP contribution in [0, 0.1) is 0 Å². The van der Waals surface area contributed by atoms with Gasteiger partial charge in [-0.15, -0.1) is 0 Å². The highest BCUT2D eigenvalue weighted by Crippen LogP contribution is 2.41. The quantitative estimate of drug-likeness (QED) is 0.0272. The van der Waals surface area contributed by atoms with Crippen LogP contribution in [-0.2, 0) is 99.6 Å². The average molecular weight is 2120 g/mol. The molecule has 3 aliphatic carbocycles. The molecule has 64 heteroatoms. The average Bonchev–Trinajstić information content (AvgIpc) is 1.73. The minimum absolute atomic E-state index is 0.0120. The van der Waals surface area contributed by atoms with Gasteiger partial charge in [-0.25, -0.2) is 13.2 Å². The Bertz CT molecular complexity index is 3920. The normalized spacial score (nSPS) is 44.5. The summed E-state index contributed by atoms with van der Waals surface area (Å²) in [7, 11) is 0. The van der Waals surface area contributed by atoms with Gasteiger partial charge in [0.2, 0.25) is 18.9 Å². The first-order valence-electron chi connectivity index (χ1n) is 47.2. The fourth-order valence-corrected chi connectivity index (χ4v) is 18.2. The van der Waals surface area contributed by atoms with E-state index in [0.29, 0.717) is 36.5 Å². The first kappa shape index (κ1) is 122. The number of hydrogen-bond donors (Lipinski definition) is 40. The van der Waals surface area contributed by atoms with E-state index in [1.165, 1.54) is 0 Å². The van der Waals surface area contributed by atoms with E-state index in [4.69, 9.17) is 188 Å². The molecule has 61 nitrogen and oxygen atoms in total. The predicted octanol–water partition coefficient (Wildman–Crippen LogP) is -24.4. The van der Waals surface area contributed by atoms with E-state index in [-0.39, 0.29) is 58.5 Å². The molecule has 145 heavy (non-hydrogen) atoms. The first-order valence-corrected chi connectivity index (χ1v) is 47.2. The number of halogens is 3. The van der Waals surface area contributed by atoms with E-state index < -0.39 is 388 Å². The Labute approximate surface area is 827 Å². The van der Waals surface area contributed by atoms with Crippen molar-refractivity contribution in [3.8, 4) is 0 Å². The molecule has 6 saturated heterocycles. The number of carbonyl (C=O) groups excluding carboxylic acids is 3. The van der Waals surface area contributed by atoms with Crippen LogP contribution >= 0.6 is 0 Å². The Morgan fingerprint density at radius 2 is 0.600 bits per heavy atom. The topological polar surface area (TPSA) is 1110 Å². The van der Waals surface area contributed by atoms with Crippen LogP contribution in [0.15, 0.2) is 35.5 Å². The number of aliphatic hydroxyl groups excluding tert-OH is 19. The summed E-state index contributed by atoms with van der Waals surface area (Å²) < 4.78 is 147. The number of aliphatic hydroxyl groups is 19. The van der Waals surface area contributed by atoms with Crippen LogP contribution in [0.1, 0.15) is 38.5 Å². The van der Waals surface area contributed by atoms with Gasteiger partial charge in [0.15, 0.2) is 56.1 Å². The molecule has 0 bridgehead atoms. The highest BCUT2D eigenvalue weighted by molar-refractivity contribution is 5.82. The summed E-state index contributed by atoms with van der Waals surface area (Å²) in [6.07, 6.45) is -56.3. The van der Waals surface area contributed by atoms with Crippen molar-refractivity contribution >= 4 is 17.7 Å². The molecule has 9 fully saturated rings. The molecule has 12 aliphatic rings. The van der Waals surface area contributed by atoms with Gasteiger partial charge >= 0.3 is 0 Å². The maximum atomic E-state index is 14.0. The number of nitrogens with two attached hydrogens (primary N) is 18.